The third-order valence-electron chi connectivity index (χ3n) is 2.72. The Labute approximate surface area is 107 Å². The van der Waals surface area contributed by atoms with E-state index >= 15 is 0 Å². The van der Waals surface area contributed by atoms with E-state index in [1.165, 1.54) is 0 Å². The van der Waals surface area contributed by atoms with Gasteiger partial charge >= 0.3 is 0 Å². The van der Waals surface area contributed by atoms with E-state index in [0.29, 0.717) is 18.1 Å². The highest BCUT2D eigenvalue weighted by Gasteiger charge is 2.13. The lowest BCUT2D eigenvalue weighted by molar-refractivity contribution is 0.0210. The summed E-state index contributed by atoms with van der Waals surface area (Å²) in [6.45, 7) is 4.57. The van der Waals surface area contributed by atoms with Crippen LogP contribution < -0.4 is 5.48 Å². The molecule has 0 radical (unpaired) electrons. The van der Waals surface area contributed by atoms with Crippen LogP contribution in [-0.2, 0) is 11.9 Å². The molecule has 0 atom stereocenters. The second-order valence-corrected chi connectivity index (χ2v) is 4.81. The highest BCUT2D eigenvalue weighted by Crippen LogP contribution is 2.19. The van der Waals surface area contributed by atoms with Gasteiger partial charge in [-0.05, 0) is 12.0 Å². The number of carbonyl (C=O) groups excluding carboxylic acids is 1. The molecule has 0 spiro atoms. The maximum Gasteiger partial charge on any atom is 0.277 e. The number of hydrogen-bond acceptors (Lipinski definition) is 2. The number of hydroxylamine groups is 1. The first-order valence-electron chi connectivity index (χ1n) is 6.05. The Kier molecular flexibility index (Phi) is 3.67. The SMILES string of the molecule is CC(C)CONC(=O)c1cn(C)c2ccccc12. The van der Waals surface area contributed by atoms with Crippen LogP contribution in [0, 0.1) is 5.92 Å². The zero-order valence-electron chi connectivity index (χ0n) is 10.9. The Bertz CT molecular complexity index is 558. The summed E-state index contributed by atoms with van der Waals surface area (Å²) in [6, 6.07) is 7.81. The Balaban J connectivity index is 2.18. The summed E-state index contributed by atoms with van der Waals surface area (Å²) in [7, 11) is 1.92. The smallest absolute Gasteiger partial charge is 0.277 e. The fraction of sp³-hybridized carbons (Fsp3) is 0.357. The predicted molar refractivity (Wildman–Crippen MR) is 71.2 cm³/mol. The molecule has 0 aliphatic carbocycles. The van der Waals surface area contributed by atoms with Gasteiger partial charge in [0.1, 0.15) is 0 Å². The van der Waals surface area contributed by atoms with Gasteiger partial charge < -0.3 is 4.57 Å². The molecule has 0 saturated carbocycles. The van der Waals surface area contributed by atoms with Crippen molar-refractivity contribution in [3.8, 4) is 0 Å². The van der Waals surface area contributed by atoms with Crippen LogP contribution in [0.3, 0.4) is 0 Å². The number of fused-ring (bicyclic) bond motifs is 1. The van der Waals surface area contributed by atoms with Crippen LogP contribution in [-0.4, -0.2) is 17.1 Å². The van der Waals surface area contributed by atoms with Gasteiger partial charge in [0.05, 0.1) is 12.2 Å². The summed E-state index contributed by atoms with van der Waals surface area (Å²) < 4.78 is 1.94. The van der Waals surface area contributed by atoms with Crippen molar-refractivity contribution >= 4 is 16.8 Å². The first-order chi connectivity index (χ1) is 8.59. The number of para-hydroxylation sites is 1. The van der Waals surface area contributed by atoms with Crippen molar-refractivity contribution in [2.24, 2.45) is 13.0 Å². The summed E-state index contributed by atoms with van der Waals surface area (Å²) in [6.07, 6.45) is 1.82. The van der Waals surface area contributed by atoms with Crippen molar-refractivity contribution in [3.63, 3.8) is 0 Å². The molecule has 1 N–H and O–H groups in total. The minimum Gasteiger partial charge on any atom is -0.350 e. The molecule has 0 fully saturated rings. The van der Waals surface area contributed by atoms with Gasteiger partial charge in [0, 0.05) is 24.1 Å². The van der Waals surface area contributed by atoms with E-state index in [-0.39, 0.29) is 5.91 Å². The van der Waals surface area contributed by atoms with Crippen molar-refractivity contribution in [1.82, 2.24) is 10.0 Å². The Morgan fingerprint density at radius 2 is 2.11 bits per heavy atom. The van der Waals surface area contributed by atoms with Gasteiger partial charge in [-0.15, -0.1) is 0 Å². The van der Waals surface area contributed by atoms with Gasteiger partial charge in [-0.1, -0.05) is 32.0 Å². The predicted octanol–water partition coefficient (Wildman–Crippen LogP) is 2.50. The maximum atomic E-state index is 12.0. The number of nitrogens with zero attached hydrogens (tertiary/aromatic N) is 1. The molecule has 1 heterocycles. The Hall–Kier alpha value is -1.81. The summed E-state index contributed by atoms with van der Waals surface area (Å²) >= 11 is 0. The van der Waals surface area contributed by atoms with Crippen LogP contribution in [0.1, 0.15) is 24.2 Å². The lowest BCUT2D eigenvalue weighted by Gasteiger charge is -2.06. The molecule has 18 heavy (non-hydrogen) atoms. The molecule has 4 heteroatoms. The molecule has 4 nitrogen and oxygen atoms in total. The summed E-state index contributed by atoms with van der Waals surface area (Å²) in [5.74, 6) is 0.185. The van der Waals surface area contributed by atoms with Gasteiger partial charge in [0.25, 0.3) is 5.91 Å². The number of amides is 1. The quantitative estimate of drug-likeness (QED) is 0.842. The second kappa shape index (κ2) is 5.23. The number of hydrogen-bond donors (Lipinski definition) is 1. The molecule has 1 aromatic carbocycles. The average Bonchev–Trinajstić information content (AvgIpc) is 2.67. The van der Waals surface area contributed by atoms with Gasteiger partial charge in [-0.25, -0.2) is 5.48 Å². The van der Waals surface area contributed by atoms with Crippen molar-refractivity contribution < 1.29 is 9.63 Å². The Morgan fingerprint density at radius 1 is 1.39 bits per heavy atom. The topological polar surface area (TPSA) is 43.3 Å². The zero-order valence-corrected chi connectivity index (χ0v) is 10.9. The second-order valence-electron chi connectivity index (χ2n) is 4.81. The largest absolute Gasteiger partial charge is 0.350 e. The van der Waals surface area contributed by atoms with Crippen LogP contribution in [0.2, 0.25) is 0 Å². The average molecular weight is 246 g/mol. The molecule has 96 valence electrons. The number of carbonyl (C=O) groups is 1. The van der Waals surface area contributed by atoms with E-state index in [9.17, 15) is 4.79 Å². The monoisotopic (exact) mass is 246 g/mol. The molecule has 0 aliphatic rings. The summed E-state index contributed by atoms with van der Waals surface area (Å²) in [5, 5.41) is 0.936. The van der Waals surface area contributed by atoms with E-state index in [4.69, 9.17) is 4.84 Å². The van der Waals surface area contributed by atoms with Gasteiger partial charge in [-0.3, -0.25) is 9.63 Å². The molecule has 0 bridgehead atoms. The number of rotatable bonds is 4. The fourth-order valence-corrected chi connectivity index (χ4v) is 1.85. The van der Waals surface area contributed by atoms with Gasteiger partial charge in [-0.2, -0.15) is 0 Å². The number of aromatic nitrogens is 1. The van der Waals surface area contributed by atoms with E-state index in [0.717, 1.165) is 10.9 Å². The normalized spacial score (nSPS) is 11.1. The highest BCUT2D eigenvalue weighted by molar-refractivity contribution is 6.06. The minimum atomic E-state index is -0.201. The van der Waals surface area contributed by atoms with E-state index in [2.05, 4.69) is 5.48 Å². The maximum absolute atomic E-state index is 12.0. The highest BCUT2D eigenvalue weighted by atomic mass is 16.6. The summed E-state index contributed by atoms with van der Waals surface area (Å²) in [5.41, 5.74) is 4.15. The molecule has 0 saturated heterocycles. The standard InChI is InChI=1S/C14H18N2O2/c1-10(2)9-18-15-14(17)12-8-16(3)13-7-5-4-6-11(12)13/h4-8,10H,9H2,1-3H3,(H,15,17). The summed E-state index contributed by atoms with van der Waals surface area (Å²) in [4.78, 5) is 17.2. The van der Waals surface area contributed by atoms with Crippen molar-refractivity contribution in [3.05, 3.63) is 36.0 Å². The number of benzene rings is 1. The fourth-order valence-electron chi connectivity index (χ4n) is 1.85. The van der Waals surface area contributed by atoms with E-state index in [1.54, 1.807) is 0 Å². The third-order valence-corrected chi connectivity index (χ3v) is 2.72. The number of aryl methyl sites for hydroxylation is 1. The van der Waals surface area contributed by atoms with Gasteiger partial charge in [0.15, 0.2) is 0 Å². The van der Waals surface area contributed by atoms with Crippen LogP contribution >= 0.6 is 0 Å². The molecular weight excluding hydrogens is 228 g/mol. The molecule has 2 rings (SSSR count). The van der Waals surface area contributed by atoms with Crippen molar-refractivity contribution in [2.45, 2.75) is 13.8 Å². The zero-order chi connectivity index (χ0) is 13.1. The molecule has 0 aliphatic heterocycles. The van der Waals surface area contributed by atoms with Crippen LogP contribution in [0.15, 0.2) is 30.5 Å². The molecule has 2 aromatic rings. The molecular formula is C14H18N2O2. The lowest BCUT2D eigenvalue weighted by Crippen LogP contribution is -2.25. The molecule has 0 unspecified atom stereocenters. The molecule has 1 amide bonds. The first kappa shape index (κ1) is 12.6. The van der Waals surface area contributed by atoms with Crippen LogP contribution in [0.25, 0.3) is 10.9 Å². The number of nitrogens with one attached hydrogen (secondary N) is 1. The first-order valence-corrected chi connectivity index (χ1v) is 6.05. The minimum absolute atomic E-state index is 0.201. The Morgan fingerprint density at radius 3 is 2.83 bits per heavy atom. The van der Waals surface area contributed by atoms with E-state index in [1.807, 2.05) is 55.9 Å². The van der Waals surface area contributed by atoms with Crippen LogP contribution in [0.5, 0.6) is 0 Å². The van der Waals surface area contributed by atoms with Crippen molar-refractivity contribution in [1.29, 1.82) is 0 Å². The van der Waals surface area contributed by atoms with E-state index < -0.39 is 0 Å². The van der Waals surface area contributed by atoms with Crippen LogP contribution in [0.4, 0.5) is 0 Å². The molecule has 1 aromatic heterocycles. The van der Waals surface area contributed by atoms with Gasteiger partial charge in [0.2, 0.25) is 0 Å². The lowest BCUT2D eigenvalue weighted by atomic mass is 10.2. The van der Waals surface area contributed by atoms with Crippen molar-refractivity contribution in [2.75, 3.05) is 6.61 Å². The third kappa shape index (κ3) is 2.54.